The molecule has 0 radical (unpaired) electrons. The maximum absolute atomic E-state index is 13.3. The molecule has 142 valence electrons. The van der Waals surface area contributed by atoms with Crippen LogP contribution in [0.2, 0.25) is 0 Å². The number of aliphatic hydroxyl groups excluding tert-OH is 1. The Bertz CT molecular complexity index is 828. The fourth-order valence-electron chi connectivity index (χ4n) is 2.64. The van der Waals surface area contributed by atoms with Crippen LogP contribution in [0.3, 0.4) is 0 Å². The number of nitrogens with one attached hydrogen (secondary N) is 2. The Labute approximate surface area is 158 Å². The molecule has 2 amide bonds. The van der Waals surface area contributed by atoms with E-state index in [-0.39, 0.29) is 24.5 Å². The highest BCUT2D eigenvalue weighted by atomic mass is 32.1. The molecule has 1 aliphatic rings. The highest BCUT2D eigenvalue weighted by Crippen LogP contribution is 2.18. The summed E-state index contributed by atoms with van der Waals surface area (Å²) in [6, 6.07) is 4.72. The van der Waals surface area contributed by atoms with Gasteiger partial charge in [0.2, 0.25) is 5.91 Å². The number of ether oxygens (including phenoxy) is 1. The number of halogens is 1. The third-order valence-corrected chi connectivity index (χ3v) is 4.60. The predicted molar refractivity (Wildman–Crippen MR) is 97.9 cm³/mol. The van der Waals surface area contributed by atoms with Gasteiger partial charge in [0.25, 0.3) is 5.91 Å². The molecule has 0 spiro atoms. The molecule has 7 nitrogen and oxygen atoms in total. The van der Waals surface area contributed by atoms with Crippen LogP contribution >= 0.6 is 11.3 Å². The van der Waals surface area contributed by atoms with E-state index < -0.39 is 30.0 Å². The van der Waals surface area contributed by atoms with Gasteiger partial charge in [-0.3, -0.25) is 9.59 Å². The Kier molecular flexibility index (Phi) is 6.28. The number of hydrogen-bond acceptors (Lipinski definition) is 6. The molecule has 1 aromatic heterocycles. The van der Waals surface area contributed by atoms with Crippen molar-refractivity contribution < 1.29 is 23.8 Å². The molecule has 9 heteroatoms. The van der Waals surface area contributed by atoms with Crippen LogP contribution in [0.4, 0.5) is 9.52 Å². The minimum Gasteiger partial charge on any atom is -0.394 e. The lowest BCUT2D eigenvalue weighted by molar-refractivity contribution is -0.120. The molecule has 0 saturated heterocycles. The first-order chi connectivity index (χ1) is 13.0. The monoisotopic (exact) mass is 391 g/mol. The van der Waals surface area contributed by atoms with E-state index in [2.05, 4.69) is 15.6 Å². The quantitative estimate of drug-likeness (QED) is 0.651. The predicted octanol–water partition coefficient (Wildman–Crippen LogP) is 1.73. The molecule has 0 unspecified atom stereocenters. The van der Waals surface area contributed by atoms with Gasteiger partial charge in [0.1, 0.15) is 11.9 Å². The SMILES string of the molecule is O=C(C[C@@H]1C=C[C@H](NC(=O)c2cccc(F)c2)[C@@H](CO)O1)Nc1nccs1. The van der Waals surface area contributed by atoms with Gasteiger partial charge in [-0.05, 0) is 18.2 Å². The Morgan fingerprint density at radius 1 is 1.33 bits per heavy atom. The van der Waals surface area contributed by atoms with Crippen molar-refractivity contribution in [2.24, 2.45) is 0 Å². The van der Waals surface area contributed by atoms with Crippen LogP contribution in [0.15, 0.2) is 48.0 Å². The highest BCUT2D eigenvalue weighted by Gasteiger charge is 2.29. The largest absolute Gasteiger partial charge is 0.394 e. The molecule has 27 heavy (non-hydrogen) atoms. The normalized spacial score (nSPS) is 21.6. The molecule has 3 N–H and O–H groups in total. The fourth-order valence-corrected chi connectivity index (χ4v) is 3.18. The first-order valence-corrected chi connectivity index (χ1v) is 9.13. The maximum Gasteiger partial charge on any atom is 0.251 e. The number of hydrogen-bond donors (Lipinski definition) is 3. The number of aliphatic hydroxyl groups is 1. The second kappa shape index (κ2) is 8.85. The zero-order chi connectivity index (χ0) is 19.2. The molecule has 0 aliphatic carbocycles. The number of amides is 2. The zero-order valence-corrected chi connectivity index (χ0v) is 15.0. The first-order valence-electron chi connectivity index (χ1n) is 8.25. The minimum absolute atomic E-state index is 0.0527. The van der Waals surface area contributed by atoms with E-state index >= 15 is 0 Å². The van der Waals surface area contributed by atoms with Crippen LogP contribution in [-0.4, -0.2) is 46.8 Å². The second-order valence-electron chi connectivity index (χ2n) is 5.88. The highest BCUT2D eigenvalue weighted by molar-refractivity contribution is 7.13. The lowest BCUT2D eigenvalue weighted by Gasteiger charge is -2.31. The molecule has 2 heterocycles. The standard InChI is InChI=1S/C18H18FN3O4S/c19-12-3-1-2-11(8-12)17(25)21-14-5-4-13(26-15(14)10-23)9-16(24)22-18-20-6-7-27-18/h1-8,13-15,23H,9-10H2,(H,21,25)(H,20,22,24)/t13-,14-,15+/m0/s1. The molecular formula is C18H18FN3O4S. The van der Waals surface area contributed by atoms with E-state index in [1.165, 1.54) is 29.5 Å². The van der Waals surface area contributed by atoms with Gasteiger partial charge in [0.15, 0.2) is 5.13 Å². The first kappa shape index (κ1) is 19.2. The van der Waals surface area contributed by atoms with Crippen molar-refractivity contribution >= 4 is 28.3 Å². The molecule has 0 saturated carbocycles. The van der Waals surface area contributed by atoms with E-state index in [0.29, 0.717) is 5.13 Å². The Morgan fingerprint density at radius 2 is 2.19 bits per heavy atom. The fraction of sp³-hybridized carbons (Fsp3) is 0.278. The maximum atomic E-state index is 13.3. The molecular weight excluding hydrogens is 373 g/mol. The third kappa shape index (κ3) is 5.19. The van der Waals surface area contributed by atoms with E-state index in [1.807, 2.05) is 0 Å². The molecule has 3 rings (SSSR count). The van der Waals surface area contributed by atoms with Crippen LogP contribution in [0, 0.1) is 5.82 Å². The number of carbonyl (C=O) groups excluding carboxylic acids is 2. The smallest absolute Gasteiger partial charge is 0.251 e. The van der Waals surface area contributed by atoms with E-state index in [4.69, 9.17) is 4.74 Å². The average Bonchev–Trinajstić information content (AvgIpc) is 3.15. The van der Waals surface area contributed by atoms with Gasteiger partial charge in [0.05, 0.1) is 25.2 Å². The molecule has 2 aromatic rings. The summed E-state index contributed by atoms with van der Waals surface area (Å²) in [5, 5.41) is 17.2. The summed E-state index contributed by atoms with van der Waals surface area (Å²) in [7, 11) is 0. The summed E-state index contributed by atoms with van der Waals surface area (Å²) < 4.78 is 19.0. The molecule has 0 bridgehead atoms. The van der Waals surface area contributed by atoms with Crippen LogP contribution in [0.25, 0.3) is 0 Å². The van der Waals surface area contributed by atoms with E-state index in [1.54, 1.807) is 23.7 Å². The van der Waals surface area contributed by atoms with Crippen molar-refractivity contribution in [3.05, 3.63) is 59.4 Å². The second-order valence-corrected chi connectivity index (χ2v) is 6.77. The van der Waals surface area contributed by atoms with Crippen LogP contribution in [0.5, 0.6) is 0 Å². The van der Waals surface area contributed by atoms with Crippen molar-refractivity contribution in [2.75, 3.05) is 11.9 Å². The van der Waals surface area contributed by atoms with Crippen molar-refractivity contribution in [3.63, 3.8) is 0 Å². The van der Waals surface area contributed by atoms with E-state index in [0.717, 1.165) is 6.07 Å². The number of rotatable bonds is 6. The van der Waals surface area contributed by atoms with Gasteiger partial charge in [-0.15, -0.1) is 11.3 Å². The average molecular weight is 391 g/mol. The van der Waals surface area contributed by atoms with Crippen LogP contribution in [0.1, 0.15) is 16.8 Å². The lowest BCUT2D eigenvalue weighted by Crippen LogP contribution is -2.48. The molecule has 1 aromatic carbocycles. The third-order valence-electron chi connectivity index (χ3n) is 3.91. The summed E-state index contributed by atoms with van der Waals surface area (Å²) in [6.45, 7) is -0.344. The number of thiazole rings is 1. The van der Waals surface area contributed by atoms with Crippen molar-refractivity contribution in [1.82, 2.24) is 10.3 Å². The van der Waals surface area contributed by atoms with Crippen LogP contribution < -0.4 is 10.6 Å². The topological polar surface area (TPSA) is 101 Å². The molecule has 0 fully saturated rings. The number of benzene rings is 1. The summed E-state index contributed by atoms with van der Waals surface area (Å²) in [4.78, 5) is 28.2. The van der Waals surface area contributed by atoms with E-state index in [9.17, 15) is 19.1 Å². The number of nitrogens with zero attached hydrogens (tertiary/aromatic N) is 1. The van der Waals surface area contributed by atoms with Gasteiger partial charge >= 0.3 is 0 Å². The summed E-state index contributed by atoms with van der Waals surface area (Å²) in [5.41, 5.74) is 0.171. The lowest BCUT2D eigenvalue weighted by atomic mass is 10.0. The van der Waals surface area contributed by atoms with Gasteiger partial charge in [-0.1, -0.05) is 18.2 Å². The number of anilines is 1. The molecule has 1 aliphatic heterocycles. The number of carbonyl (C=O) groups is 2. The minimum atomic E-state index is -0.717. The van der Waals surface area contributed by atoms with Crippen molar-refractivity contribution in [3.8, 4) is 0 Å². The zero-order valence-electron chi connectivity index (χ0n) is 14.2. The van der Waals surface area contributed by atoms with Gasteiger partial charge in [-0.2, -0.15) is 0 Å². The Hall–Kier alpha value is -2.62. The van der Waals surface area contributed by atoms with Gasteiger partial charge in [0, 0.05) is 17.1 Å². The summed E-state index contributed by atoms with van der Waals surface area (Å²) in [5.74, 6) is -1.26. The van der Waals surface area contributed by atoms with Crippen LogP contribution in [-0.2, 0) is 9.53 Å². The summed E-state index contributed by atoms with van der Waals surface area (Å²) >= 11 is 1.31. The Balaban J connectivity index is 1.59. The van der Waals surface area contributed by atoms with Gasteiger partial charge in [-0.25, -0.2) is 9.37 Å². The summed E-state index contributed by atoms with van der Waals surface area (Å²) in [6.07, 6.45) is 3.71. The van der Waals surface area contributed by atoms with Crippen molar-refractivity contribution in [1.29, 1.82) is 0 Å². The number of aromatic nitrogens is 1. The van der Waals surface area contributed by atoms with Crippen molar-refractivity contribution in [2.45, 2.75) is 24.7 Å². The Morgan fingerprint density at radius 3 is 2.89 bits per heavy atom. The van der Waals surface area contributed by atoms with Gasteiger partial charge < -0.3 is 20.5 Å². The molecule has 3 atom stereocenters.